The molecule has 0 aliphatic rings. The predicted molar refractivity (Wildman–Crippen MR) is 67.7 cm³/mol. The highest BCUT2D eigenvalue weighted by molar-refractivity contribution is 5.81. The number of nitrogens with one attached hydrogen (secondary N) is 1. The number of hydrogen-bond donors (Lipinski definition) is 1. The zero-order valence-corrected chi connectivity index (χ0v) is 10.9. The van der Waals surface area contributed by atoms with E-state index in [9.17, 15) is 13.2 Å². The molecule has 2 aromatic heterocycles. The summed E-state index contributed by atoms with van der Waals surface area (Å²) in [5, 5.41) is 0.543. The van der Waals surface area contributed by atoms with Crippen molar-refractivity contribution in [1.82, 2.24) is 14.9 Å². The molecule has 2 aromatic rings. The van der Waals surface area contributed by atoms with Crippen LogP contribution < -0.4 is 0 Å². The van der Waals surface area contributed by atoms with Crippen LogP contribution in [0.1, 0.15) is 25.1 Å². The Kier molecular flexibility index (Phi) is 3.80. The Labute approximate surface area is 109 Å². The molecule has 0 aromatic carbocycles. The average Bonchev–Trinajstić information content (AvgIpc) is 2.74. The summed E-state index contributed by atoms with van der Waals surface area (Å²) in [4.78, 5) is 8.31. The Morgan fingerprint density at radius 3 is 2.53 bits per heavy atom. The van der Waals surface area contributed by atoms with Crippen LogP contribution in [0.15, 0.2) is 18.3 Å². The van der Waals surface area contributed by atoms with Crippen molar-refractivity contribution in [3.8, 4) is 0 Å². The van der Waals surface area contributed by atoms with Gasteiger partial charge in [-0.3, -0.25) is 4.90 Å². The molecule has 0 aliphatic carbocycles. The number of H-pyrrole nitrogens is 1. The second-order valence-corrected chi connectivity index (χ2v) is 4.34. The molecule has 0 amide bonds. The van der Waals surface area contributed by atoms with Gasteiger partial charge < -0.3 is 4.98 Å². The van der Waals surface area contributed by atoms with Gasteiger partial charge >= 0.3 is 6.18 Å². The summed E-state index contributed by atoms with van der Waals surface area (Å²) in [5.41, 5.74) is -0.121. The lowest BCUT2D eigenvalue weighted by molar-refractivity contribution is -0.141. The molecule has 0 aliphatic heterocycles. The number of pyridine rings is 1. The van der Waals surface area contributed by atoms with Crippen LogP contribution in [0.25, 0.3) is 11.0 Å². The third kappa shape index (κ3) is 2.73. The summed E-state index contributed by atoms with van der Waals surface area (Å²) in [7, 11) is 0. The molecule has 2 heterocycles. The Bertz CT molecular complexity index is 556. The van der Waals surface area contributed by atoms with Gasteiger partial charge in [0.1, 0.15) is 11.3 Å². The summed E-state index contributed by atoms with van der Waals surface area (Å²) in [6.07, 6.45) is -2.90. The molecule has 6 heteroatoms. The molecule has 3 nitrogen and oxygen atoms in total. The number of nitrogens with zero attached hydrogens (tertiary/aromatic N) is 2. The van der Waals surface area contributed by atoms with Crippen molar-refractivity contribution in [2.75, 3.05) is 13.1 Å². The monoisotopic (exact) mass is 271 g/mol. The van der Waals surface area contributed by atoms with E-state index < -0.39 is 11.9 Å². The summed E-state index contributed by atoms with van der Waals surface area (Å²) in [5.74, 6) is 0. The highest BCUT2D eigenvalue weighted by Crippen LogP contribution is 2.35. The average molecular weight is 271 g/mol. The van der Waals surface area contributed by atoms with Gasteiger partial charge in [0, 0.05) is 23.7 Å². The predicted octanol–water partition coefficient (Wildman–Crippen LogP) is 3.42. The molecular formula is C13H16F3N3. The SMILES string of the molecule is CCN(CC)Cc1c(C(F)(F)F)[nH]c2ncccc12. The fourth-order valence-corrected chi connectivity index (χ4v) is 2.15. The van der Waals surface area contributed by atoms with E-state index in [0.29, 0.717) is 18.5 Å². The standard InChI is InChI=1S/C13H16F3N3/c1-3-19(4-2)8-10-9-6-5-7-17-12(9)18-11(10)13(14,15)16/h5-7H,3-4,8H2,1-2H3,(H,17,18). The van der Waals surface area contributed by atoms with Gasteiger partial charge in [-0.15, -0.1) is 0 Å². The topological polar surface area (TPSA) is 31.9 Å². The first kappa shape index (κ1) is 13.9. The summed E-state index contributed by atoms with van der Waals surface area (Å²) >= 11 is 0. The van der Waals surface area contributed by atoms with Gasteiger partial charge in [0.2, 0.25) is 0 Å². The molecule has 0 atom stereocenters. The van der Waals surface area contributed by atoms with Crippen molar-refractivity contribution in [2.45, 2.75) is 26.6 Å². The largest absolute Gasteiger partial charge is 0.431 e. The van der Waals surface area contributed by atoms with Crippen molar-refractivity contribution in [1.29, 1.82) is 0 Å². The van der Waals surface area contributed by atoms with Crippen molar-refractivity contribution >= 4 is 11.0 Å². The van der Waals surface area contributed by atoms with Crippen LogP contribution in [0.2, 0.25) is 0 Å². The van der Waals surface area contributed by atoms with Crippen LogP contribution in [-0.2, 0) is 12.7 Å². The summed E-state index contributed by atoms with van der Waals surface area (Å²) < 4.78 is 39.2. The molecular weight excluding hydrogens is 255 g/mol. The number of halogens is 3. The van der Waals surface area contributed by atoms with E-state index in [-0.39, 0.29) is 17.8 Å². The Balaban J connectivity index is 2.54. The van der Waals surface area contributed by atoms with Crippen LogP contribution in [0, 0.1) is 0 Å². The van der Waals surface area contributed by atoms with Gasteiger partial charge in [-0.2, -0.15) is 13.2 Å². The quantitative estimate of drug-likeness (QED) is 0.924. The fourth-order valence-electron chi connectivity index (χ4n) is 2.15. The first-order valence-electron chi connectivity index (χ1n) is 6.22. The van der Waals surface area contributed by atoms with E-state index in [1.807, 2.05) is 18.7 Å². The number of rotatable bonds is 4. The van der Waals surface area contributed by atoms with Gasteiger partial charge in [-0.05, 0) is 25.2 Å². The summed E-state index contributed by atoms with van der Waals surface area (Å²) in [6, 6.07) is 3.33. The molecule has 104 valence electrons. The minimum atomic E-state index is -4.39. The lowest BCUT2D eigenvalue weighted by Crippen LogP contribution is -2.23. The van der Waals surface area contributed by atoms with Crippen molar-refractivity contribution in [3.63, 3.8) is 0 Å². The van der Waals surface area contributed by atoms with E-state index in [1.165, 1.54) is 6.20 Å². The minimum absolute atomic E-state index is 0.271. The minimum Gasteiger partial charge on any atom is -0.335 e. The maximum Gasteiger partial charge on any atom is 0.431 e. The smallest absolute Gasteiger partial charge is 0.335 e. The van der Waals surface area contributed by atoms with Crippen molar-refractivity contribution in [2.24, 2.45) is 0 Å². The van der Waals surface area contributed by atoms with E-state index in [4.69, 9.17) is 0 Å². The maximum absolute atomic E-state index is 13.1. The molecule has 0 saturated heterocycles. The number of aromatic amines is 1. The van der Waals surface area contributed by atoms with Gasteiger partial charge in [-0.1, -0.05) is 13.8 Å². The summed E-state index contributed by atoms with van der Waals surface area (Å²) in [6.45, 7) is 5.56. The zero-order valence-electron chi connectivity index (χ0n) is 10.9. The molecule has 19 heavy (non-hydrogen) atoms. The van der Waals surface area contributed by atoms with Crippen LogP contribution >= 0.6 is 0 Å². The van der Waals surface area contributed by atoms with Crippen LogP contribution in [-0.4, -0.2) is 28.0 Å². The zero-order chi connectivity index (χ0) is 14.0. The van der Waals surface area contributed by atoms with E-state index >= 15 is 0 Å². The van der Waals surface area contributed by atoms with Gasteiger partial charge in [0.15, 0.2) is 0 Å². The molecule has 1 N–H and O–H groups in total. The molecule has 0 spiro atoms. The van der Waals surface area contributed by atoms with Gasteiger partial charge in [0.05, 0.1) is 0 Å². The Morgan fingerprint density at radius 1 is 1.26 bits per heavy atom. The number of fused-ring (bicyclic) bond motifs is 1. The van der Waals surface area contributed by atoms with Gasteiger partial charge in [-0.25, -0.2) is 4.98 Å². The maximum atomic E-state index is 13.1. The molecule has 2 rings (SSSR count). The second-order valence-electron chi connectivity index (χ2n) is 4.34. The number of aromatic nitrogens is 2. The number of hydrogen-bond acceptors (Lipinski definition) is 2. The normalized spacial score (nSPS) is 12.5. The van der Waals surface area contributed by atoms with Gasteiger partial charge in [0.25, 0.3) is 0 Å². The molecule has 0 fully saturated rings. The number of alkyl halides is 3. The lowest BCUT2D eigenvalue weighted by Gasteiger charge is -2.19. The first-order chi connectivity index (χ1) is 8.97. The Morgan fingerprint density at radius 2 is 1.95 bits per heavy atom. The molecule has 0 bridgehead atoms. The fraction of sp³-hybridized carbons (Fsp3) is 0.462. The van der Waals surface area contributed by atoms with E-state index in [2.05, 4.69) is 9.97 Å². The third-order valence-electron chi connectivity index (χ3n) is 3.24. The molecule has 0 radical (unpaired) electrons. The Hall–Kier alpha value is -1.56. The van der Waals surface area contributed by atoms with Crippen LogP contribution in [0.5, 0.6) is 0 Å². The van der Waals surface area contributed by atoms with Crippen molar-refractivity contribution in [3.05, 3.63) is 29.6 Å². The van der Waals surface area contributed by atoms with E-state index in [0.717, 1.165) is 0 Å². The first-order valence-corrected chi connectivity index (χ1v) is 6.22. The van der Waals surface area contributed by atoms with E-state index in [1.54, 1.807) is 12.1 Å². The van der Waals surface area contributed by atoms with Crippen molar-refractivity contribution < 1.29 is 13.2 Å². The highest BCUT2D eigenvalue weighted by Gasteiger charge is 2.36. The molecule has 0 unspecified atom stereocenters. The highest BCUT2D eigenvalue weighted by atomic mass is 19.4. The van der Waals surface area contributed by atoms with Crippen LogP contribution in [0.3, 0.4) is 0 Å². The lowest BCUT2D eigenvalue weighted by atomic mass is 10.1. The third-order valence-corrected chi connectivity index (χ3v) is 3.24. The second kappa shape index (κ2) is 5.21. The molecule has 0 saturated carbocycles. The van der Waals surface area contributed by atoms with Crippen LogP contribution in [0.4, 0.5) is 13.2 Å².